The fourth-order valence-corrected chi connectivity index (χ4v) is 6.63. The van der Waals surface area contributed by atoms with Gasteiger partial charge >= 0.3 is 0 Å². The van der Waals surface area contributed by atoms with Crippen molar-refractivity contribution < 1.29 is 0 Å². The predicted octanol–water partition coefficient (Wildman–Crippen LogP) is 3.68. The van der Waals surface area contributed by atoms with E-state index in [0.29, 0.717) is 5.92 Å². The van der Waals surface area contributed by atoms with E-state index in [1.54, 1.807) is 6.33 Å². The molecule has 5 aliphatic rings. The van der Waals surface area contributed by atoms with Gasteiger partial charge in [0.1, 0.15) is 12.0 Å². The van der Waals surface area contributed by atoms with Crippen LogP contribution in [0.2, 0.25) is 0 Å². The molecule has 4 bridgehead atoms. The third-order valence-electron chi connectivity index (χ3n) is 7.24. The molecule has 0 radical (unpaired) electrons. The summed E-state index contributed by atoms with van der Waals surface area (Å²) in [6.45, 7) is 4.43. The molecule has 1 aromatic rings. The van der Waals surface area contributed by atoms with Gasteiger partial charge in [0.15, 0.2) is 11.6 Å². The van der Waals surface area contributed by atoms with Crippen molar-refractivity contribution in [1.29, 1.82) is 0 Å². The summed E-state index contributed by atoms with van der Waals surface area (Å²) < 4.78 is 0. The minimum atomic E-state index is 0.240. The van der Waals surface area contributed by atoms with Crippen LogP contribution in [0.4, 0.5) is 17.3 Å². The highest BCUT2D eigenvalue weighted by Crippen LogP contribution is 2.56. The van der Waals surface area contributed by atoms with Crippen molar-refractivity contribution in [3.63, 3.8) is 0 Å². The number of rotatable bonds is 3. The normalized spacial score (nSPS) is 39.6. The van der Waals surface area contributed by atoms with Crippen LogP contribution in [0.5, 0.6) is 0 Å². The van der Waals surface area contributed by atoms with Gasteiger partial charge in [-0.15, -0.1) is 0 Å². The highest BCUT2D eigenvalue weighted by molar-refractivity contribution is 5.75. The van der Waals surface area contributed by atoms with Gasteiger partial charge in [-0.1, -0.05) is 6.92 Å². The number of nitrogens with one attached hydrogen (secondary N) is 1. The molecule has 1 unspecified atom stereocenters. The maximum Gasteiger partial charge on any atom is 0.157 e. The largest absolute Gasteiger partial charge is 0.393 e. The minimum Gasteiger partial charge on any atom is -0.393 e. The second kappa shape index (κ2) is 5.75. The summed E-state index contributed by atoms with van der Waals surface area (Å²) in [6.07, 6.45) is 12.5. The van der Waals surface area contributed by atoms with Crippen molar-refractivity contribution in [2.24, 2.45) is 23.7 Å². The van der Waals surface area contributed by atoms with Gasteiger partial charge in [0.25, 0.3) is 0 Å². The van der Waals surface area contributed by atoms with E-state index in [0.717, 1.165) is 48.2 Å². The second-order valence-electron chi connectivity index (χ2n) is 9.48. The number of aromatic nitrogens is 2. The molecule has 3 N–H and O–H groups in total. The molecule has 4 saturated carbocycles. The molecule has 5 fully saturated rings. The summed E-state index contributed by atoms with van der Waals surface area (Å²) in [4.78, 5) is 11.5. The molecule has 5 nitrogen and oxygen atoms in total. The smallest absolute Gasteiger partial charge is 0.157 e. The Morgan fingerprint density at radius 1 is 1.12 bits per heavy atom. The van der Waals surface area contributed by atoms with Crippen LogP contribution in [0.3, 0.4) is 0 Å². The summed E-state index contributed by atoms with van der Waals surface area (Å²) in [6, 6.07) is 0. The molecule has 0 amide bonds. The lowest BCUT2D eigenvalue weighted by atomic mass is 9.53. The molecule has 5 heteroatoms. The number of anilines is 3. The Labute approximate surface area is 150 Å². The van der Waals surface area contributed by atoms with Gasteiger partial charge in [-0.3, -0.25) is 0 Å². The topological polar surface area (TPSA) is 67.1 Å². The molecule has 25 heavy (non-hydrogen) atoms. The van der Waals surface area contributed by atoms with E-state index in [1.807, 2.05) is 0 Å². The first-order valence-corrected chi connectivity index (χ1v) is 10.2. The van der Waals surface area contributed by atoms with E-state index in [4.69, 9.17) is 5.73 Å². The molecule has 2 heterocycles. The molecule has 1 aromatic heterocycles. The average molecular weight is 342 g/mol. The zero-order valence-electron chi connectivity index (χ0n) is 15.4. The number of piperidine rings is 1. The van der Waals surface area contributed by atoms with Crippen molar-refractivity contribution in [1.82, 2.24) is 9.97 Å². The second-order valence-corrected chi connectivity index (χ2v) is 9.48. The molecule has 136 valence electrons. The molecule has 1 saturated heterocycles. The summed E-state index contributed by atoms with van der Waals surface area (Å²) in [7, 11) is 0. The zero-order valence-corrected chi connectivity index (χ0v) is 15.4. The molecule has 6 rings (SSSR count). The highest BCUT2D eigenvalue weighted by atomic mass is 15.2. The van der Waals surface area contributed by atoms with E-state index < -0.39 is 0 Å². The summed E-state index contributed by atoms with van der Waals surface area (Å²) in [5.74, 6) is 5.29. The molecule has 1 aliphatic heterocycles. The van der Waals surface area contributed by atoms with Crippen molar-refractivity contribution in [3.05, 3.63) is 6.33 Å². The van der Waals surface area contributed by atoms with Crippen molar-refractivity contribution >= 4 is 17.3 Å². The SMILES string of the molecule is CC1CCCN(c2ncnc(NC34CC5CC(CC(C5)C3)C4)c2N)C1. The minimum absolute atomic E-state index is 0.240. The van der Waals surface area contributed by atoms with E-state index >= 15 is 0 Å². The summed E-state index contributed by atoms with van der Waals surface area (Å²) in [5, 5.41) is 3.84. The Kier molecular flexibility index (Phi) is 3.61. The maximum absolute atomic E-state index is 6.56. The number of hydrogen-bond acceptors (Lipinski definition) is 5. The molecule has 0 aromatic carbocycles. The molecule has 4 aliphatic carbocycles. The standard InChI is InChI=1S/C20H31N5/c1-13-3-2-4-25(11-13)19-17(21)18(22-12-23-19)24-20-8-14-5-15(9-20)7-16(6-14)10-20/h12-16H,2-11,21H2,1H3,(H,22,23,24). The van der Waals surface area contributed by atoms with Crippen LogP contribution in [0, 0.1) is 23.7 Å². The number of nitrogens with zero attached hydrogens (tertiary/aromatic N) is 3. The lowest BCUT2D eigenvalue weighted by Crippen LogP contribution is -2.55. The molecule has 1 atom stereocenters. The van der Waals surface area contributed by atoms with E-state index in [1.165, 1.54) is 51.4 Å². The van der Waals surface area contributed by atoms with E-state index in [9.17, 15) is 0 Å². The van der Waals surface area contributed by atoms with Crippen LogP contribution in [0.15, 0.2) is 6.33 Å². The first kappa shape index (κ1) is 15.7. The van der Waals surface area contributed by atoms with Gasteiger partial charge in [0.05, 0.1) is 0 Å². The zero-order chi connectivity index (χ0) is 17.0. The lowest BCUT2D eigenvalue weighted by molar-refractivity contribution is 0.0106. The van der Waals surface area contributed by atoms with Crippen LogP contribution in [-0.2, 0) is 0 Å². The summed E-state index contributed by atoms with van der Waals surface area (Å²) in [5.41, 5.74) is 7.56. The van der Waals surface area contributed by atoms with Gasteiger partial charge in [0.2, 0.25) is 0 Å². The highest BCUT2D eigenvalue weighted by Gasteiger charge is 2.51. The van der Waals surface area contributed by atoms with Gasteiger partial charge < -0.3 is 16.0 Å². The Balaban J connectivity index is 1.40. The van der Waals surface area contributed by atoms with Crippen molar-refractivity contribution in [2.45, 2.75) is 63.8 Å². The van der Waals surface area contributed by atoms with Crippen LogP contribution >= 0.6 is 0 Å². The predicted molar refractivity (Wildman–Crippen MR) is 102 cm³/mol. The van der Waals surface area contributed by atoms with Gasteiger partial charge in [-0.2, -0.15) is 0 Å². The quantitative estimate of drug-likeness (QED) is 0.878. The third-order valence-corrected chi connectivity index (χ3v) is 7.24. The van der Waals surface area contributed by atoms with Gasteiger partial charge in [-0.05, 0) is 75.0 Å². The number of nitrogen functional groups attached to an aromatic ring is 1. The first-order chi connectivity index (χ1) is 12.1. The molecular weight excluding hydrogens is 310 g/mol. The lowest BCUT2D eigenvalue weighted by Gasteiger charge is -2.57. The van der Waals surface area contributed by atoms with Crippen LogP contribution < -0.4 is 16.0 Å². The molecular formula is C20H31N5. The molecule has 0 spiro atoms. The van der Waals surface area contributed by atoms with Gasteiger partial charge in [-0.25, -0.2) is 9.97 Å². The van der Waals surface area contributed by atoms with Crippen LogP contribution in [0.1, 0.15) is 58.3 Å². The number of nitrogens with two attached hydrogens (primary N) is 1. The maximum atomic E-state index is 6.56. The monoisotopic (exact) mass is 341 g/mol. The van der Waals surface area contributed by atoms with Crippen molar-refractivity contribution in [2.75, 3.05) is 29.0 Å². The van der Waals surface area contributed by atoms with E-state index in [2.05, 4.69) is 27.1 Å². The fourth-order valence-electron chi connectivity index (χ4n) is 6.63. The van der Waals surface area contributed by atoms with Crippen LogP contribution in [-0.4, -0.2) is 28.6 Å². The summed E-state index contributed by atoms with van der Waals surface area (Å²) >= 11 is 0. The fraction of sp³-hybridized carbons (Fsp3) is 0.800. The van der Waals surface area contributed by atoms with Crippen molar-refractivity contribution in [3.8, 4) is 0 Å². The van der Waals surface area contributed by atoms with Gasteiger partial charge in [0, 0.05) is 18.6 Å². The Morgan fingerprint density at radius 3 is 2.44 bits per heavy atom. The Morgan fingerprint density at radius 2 is 1.80 bits per heavy atom. The Bertz CT molecular complexity index is 622. The van der Waals surface area contributed by atoms with E-state index in [-0.39, 0.29) is 5.54 Å². The third kappa shape index (κ3) is 2.76. The first-order valence-electron chi connectivity index (χ1n) is 10.2. The number of hydrogen-bond donors (Lipinski definition) is 2. The average Bonchev–Trinajstić information content (AvgIpc) is 2.55. The van der Waals surface area contributed by atoms with Crippen LogP contribution in [0.25, 0.3) is 0 Å². The Hall–Kier alpha value is -1.52.